The highest BCUT2D eigenvalue weighted by molar-refractivity contribution is 5.87. The zero-order valence-corrected chi connectivity index (χ0v) is 17.0. The summed E-state index contributed by atoms with van der Waals surface area (Å²) in [5.74, 6) is -0.346. The van der Waals surface area contributed by atoms with Gasteiger partial charge in [-0.1, -0.05) is 67.6 Å². The molecular formula is C26H25NO3. The second-order valence-corrected chi connectivity index (χ2v) is 7.43. The number of H-pyrrole nitrogens is 1. The molecule has 1 heterocycles. The van der Waals surface area contributed by atoms with Gasteiger partial charge >= 0.3 is 5.97 Å². The van der Waals surface area contributed by atoms with Crippen LogP contribution in [0.15, 0.2) is 79.0 Å². The van der Waals surface area contributed by atoms with Crippen molar-refractivity contribution in [1.29, 1.82) is 0 Å². The lowest BCUT2D eigenvalue weighted by atomic mass is 9.88. The van der Waals surface area contributed by atoms with Crippen molar-refractivity contribution in [3.63, 3.8) is 0 Å². The second-order valence-electron chi connectivity index (χ2n) is 7.43. The zero-order chi connectivity index (χ0) is 20.9. The number of benzene rings is 3. The average molecular weight is 399 g/mol. The maximum atomic E-state index is 11.7. The van der Waals surface area contributed by atoms with Gasteiger partial charge in [-0.25, -0.2) is 0 Å². The van der Waals surface area contributed by atoms with E-state index >= 15 is 0 Å². The average Bonchev–Trinajstić information content (AvgIpc) is 3.21. The minimum absolute atomic E-state index is 0.0193. The Bertz CT molecular complexity index is 1150. The Labute approximate surface area is 176 Å². The van der Waals surface area contributed by atoms with Crippen LogP contribution in [0.2, 0.25) is 0 Å². The maximum absolute atomic E-state index is 11.7. The van der Waals surface area contributed by atoms with E-state index in [-0.39, 0.29) is 12.3 Å². The number of hydrogen-bond donors (Lipinski definition) is 2. The fourth-order valence-electron chi connectivity index (χ4n) is 3.97. The lowest BCUT2D eigenvalue weighted by molar-refractivity contribution is -0.137. The van der Waals surface area contributed by atoms with Gasteiger partial charge in [-0.2, -0.15) is 0 Å². The summed E-state index contributed by atoms with van der Waals surface area (Å²) < 4.78 is 5.97. The summed E-state index contributed by atoms with van der Waals surface area (Å²) in [5, 5.41) is 10.7. The Morgan fingerprint density at radius 3 is 2.60 bits per heavy atom. The molecule has 2 N–H and O–H groups in total. The molecule has 0 aliphatic rings. The number of para-hydroxylation sites is 1. The number of aromatic nitrogens is 1. The normalized spacial score (nSPS) is 12.0. The van der Waals surface area contributed by atoms with E-state index in [4.69, 9.17) is 4.74 Å². The molecule has 0 saturated carbocycles. The lowest BCUT2D eigenvalue weighted by Gasteiger charge is -2.17. The molecule has 0 radical (unpaired) electrons. The number of ether oxygens (including phenoxy) is 1. The van der Waals surface area contributed by atoms with Crippen LogP contribution in [-0.2, 0) is 17.8 Å². The minimum atomic E-state index is -0.823. The van der Waals surface area contributed by atoms with Crippen LogP contribution in [0.3, 0.4) is 0 Å². The first-order valence-corrected chi connectivity index (χ1v) is 10.2. The smallest absolute Gasteiger partial charge is 0.304 e. The van der Waals surface area contributed by atoms with Crippen molar-refractivity contribution in [2.24, 2.45) is 0 Å². The summed E-state index contributed by atoms with van der Waals surface area (Å²) in [6.45, 7) is 2.60. The molecule has 0 aliphatic heterocycles. The Morgan fingerprint density at radius 1 is 1.03 bits per heavy atom. The highest BCUT2D eigenvalue weighted by Crippen LogP contribution is 2.35. The molecule has 0 amide bonds. The standard InChI is InChI=1S/C26H25NO3/c1-2-19-10-7-13-22-24(16-27-26(19)22)23(15-25(28)29)20-11-6-12-21(14-20)30-17-18-8-4-3-5-9-18/h3-14,16,23,27H,2,15,17H2,1H3,(H,28,29). The van der Waals surface area contributed by atoms with Gasteiger partial charge in [0.15, 0.2) is 0 Å². The third-order valence-electron chi connectivity index (χ3n) is 5.48. The number of fused-ring (bicyclic) bond motifs is 1. The molecule has 30 heavy (non-hydrogen) atoms. The third kappa shape index (κ3) is 4.23. The number of aliphatic carboxylic acids is 1. The number of carbonyl (C=O) groups is 1. The molecule has 0 bridgehead atoms. The second kappa shape index (κ2) is 8.87. The largest absolute Gasteiger partial charge is 0.489 e. The van der Waals surface area contributed by atoms with E-state index in [1.807, 2.05) is 66.9 Å². The summed E-state index contributed by atoms with van der Waals surface area (Å²) in [6, 6.07) is 24.0. The fraction of sp³-hybridized carbons (Fsp3) is 0.192. The van der Waals surface area contributed by atoms with Gasteiger partial charge in [0.1, 0.15) is 12.4 Å². The van der Waals surface area contributed by atoms with Crippen LogP contribution in [0.1, 0.15) is 41.5 Å². The zero-order valence-electron chi connectivity index (χ0n) is 17.0. The van der Waals surface area contributed by atoms with Crippen LogP contribution in [0.4, 0.5) is 0 Å². The van der Waals surface area contributed by atoms with Crippen molar-refractivity contribution in [1.82, 2.24) is 4.98 Å². The molecule has 1 unspecified atom stereocenters. The Balaban J connectivity index is 1.67. The van der Waals surface area contributed by atoms with Crippen LogP contribution in [0.25, 0.3) is 10.9 Å². The third-order valence-corrected chi connectivity index (χ3v) is 5.48. The van der Waals surface area contributed by atoms with Crippen molar-refractivity contribution in [3.05, 3.63) is 101 Å². The van der Waals surface area contributed by atoms with Crippen molar-refractivity contribution in [2.45, 2.75) is 32.3 Å². The van der Waals surface area contributed by atoms with E-state index in [0.29, 0.717) is 6.61 Å². The van der Waals surface area contributed by atoms with Crippen LogP contribution in [0.5, 0.6) is 5.75 Å². The van der Waals surface area contributed by atoms with E-state index < -0.39 is 5.97 Å². The fourth-order valence-corrected chi connectivity index (χ4v) is 3.97. The van der Waals surface area contributed by atoms with E-state index in [1.54, 1.807) is 0 Å². The van der Waals surface area contributed by atoms with E-state index in [1.165, 1.54) is 5.56 Å². The van der Waals surface area contributed by atoms with Crippen molar-refractivity contribution >= 4 is 16.9 Å². The van der Waals surface area contributed by atoms with Gasteiger partial charge in [-0.15, -0.1) is 0 Å². The quantitative estimate of drug-likeness (QED) is 0.387. The predicted molar refractivity (Wildman–Crippen MR) is 119 cm³/mol. The van der Waals surface area contributed by atoms with E-state index in [0.717, 1.165) is 39.8 Å². The van der Waals surface area contributed by atoms with Gasteiger partial charge in [0, 0.05) is 23.0 Å². The predicted octanol–water partition coefficient (Wildman–Crippen LogP) is 5.92. The molecule has 4 heteroatoms. The topological polar surface area (TPSA) is 62.3 Å². The van der Waals surface area contributed by atoms with Gasteiger partial charge in [0.2, 0.25) is 0 Å². The van der Waals surface area contributed by atoms with Crippen LogP contribution < -0.4 is 4.74 Å². The molecule has 0 spiro atoms. The first kappa shape index (κ1) is 19.8. The van der Waals surface area contributed by atoms with Gasteiger partial charge in [0.05, 0.1) is 6.42 Å². The monoisotopic (exact) mass is 399 g/mol. The Morgan fingerprint density at radius 2 is 1.83 bits per heavy atom. The van der Waals surface area contributed by atoms with Crippen molar-refractivity contribution in [3.8, 4) is 5.75 Å². The highest BCUT2D eigenvalue weighted by atomic mass is 16.5. The molecule has 1 atom stereocenters. The highest BCUT2D eigenvalue weighted by Gasteiger charge is 2.22. The van der Waals surface area contributed by atoms with Crippen LogP contribution >= 0.6 is 0 Å². The van der Waals surface area contributed by atoms with E-state index in [2.05, 4.69) is 24.0 Å². The number of nitrogens with one attached hydrogen (secondary N) is 1. The molecule has 4 nitrogen and oxygen atoms in total. The number of rotatable bonds is 8. The van der Waals surface area contributed by atoms with Crippen LogP contribution in [0, 0.1) is 0 Å². The number of hydrogen-bond acceptors (Lipinski definition) is 2. The van der Waals surface area contributed by atoms with Gasteiger partial charge in [-0.3, -0.25) is 4.79 Å². The van der Waals surface area contributed by atoms with Crippen molar-refractivity contribution < 1.29 is 14.6 Å². The number of carboxylic acid groups (broad SMARTS) is 1. The van der Waals surface area contributed by atoms with Crippen molar-refractivity contribution in [2.75, 3.05) is 0 Å². The number of carboxylic acids is 1. The maximum Gasteiger partial charge on any atom is 0.304 e. The molecule has 4 rings (SSSR count). The molecule has 0 fully saturated rings. The minimum Gasteiger partial charge on any atom is -0.489 e. The van der Waals surface area contributed by atoms with E-state index in [9.17, 15) is 9.90 Å². The SMILES string of the molecule is CCc1cccc2c(C(CC(=O)O)c3cccc(OCc4ccccc4)c3)c[nH]c12. The molecule has 4 aromatic rings. The summed E-state index contributed by atoms with van der Waals surface area (Å²) in [6.07, 6.45) is 2.89. The first-order valence-electron chi connectivity index (χ1n) is 10.2. The molecule has 1 aromatic heterocycles. The summed E-state index contributed by atoms with van der Waals surface area (Å²) in [7, 11) is 0. The molecule has 0 aliphatic carbocycles. The first-order chi connectivity index (χ1) is 14.7. The lowest BCUT2D eigenvalue weighted by Crippen LogP contribution is -2.08. The molecule has 3 aromatic carbocycles. The van der Waals surface area contributed by atoms with Gasteiger partial charge < -0.3 is 14.8 Å². The summed E-state index contributed by atoms with van der Waals surface area (Å²) in [5.41, 5.74) is 5.34. The Hall–Kier alpha value is -3.53. The summed E-state index contributed by atoms with van der Waals surface area (Å²) >= 11 is 0. The molecule has 0 saturated heterocycles. The van der Waals surface area contributed by atoms with Crippen LogP contribution in [-0.4, -0.2) is 16.1 Å². The number of aromatic amines is 1. The van der Waals surface area contributed by atoms with Gasteiger partial charge in [0.25, 0.3) is 0 Å². The molecule has 152 valence electrons. The number of aryl methyl sites for hydroxylation is 1. The molecular weight excluding hydrogens is 374 g/mol. The summed E-state index contributed by atoms with van der Waals surface area (Å²) in [4.78, 5) is 15.1. The van der Waals surface area contributed by atoms with Gasteiger partial charge in [-0.05, 0) is 40.8 Å². The Kier molecular flexibility index (Phi) is 5.84.